The molecule has 0 aromatic heterocycles. The molecule has 0 radical (unpaired) electrons. The van der Waals surface area contributed by atoms with Crippen molar-refractivity contribution in [3.63, 3.8) is 0 Å². The second kappa shape index (κ2) is 10.3. The Hall–Kier alpha value is -2.13. The van der Waals surface area contributed by atoms with Gasteiger partial charge < -0.3 is 14.5 Å². The van der Waals surface area contributed by atoms with Gasteiger partial charge in [0.2, 0.25) is 10.0 Å². The van der Waals surface area contributed by atoms with E-state index in [1.807, 2.05) is 6.92 Å². The van der Waals surface area contributed by atoms with E-state index >= 15 is 0 Å². The summed E-state index contributed by atoms with van der Waals surface area (Å²) in [5, 5.41) is 0. The number of ether oxygens (including phenoxy) is 1. The molecule has 1 aromatic carbocycles. The van der Waals surface area contributed by atoms with Gasteiger partial charge >= 0.3 is 5.97 Å². The van der Waals surface area contributed by atoms with E-state index in [1.54, 1.807) is 24.0 Å². The minimum Gasteiger partial charge on any atom is -0.469 e. The number of anilines is 1. The lowest BCUT2D eigenvalue weighted by molar-refractivity contribution is -0.145. The predicted molar refractivity (Wildman–Crippen MR) is 116 cm³/mol. The molecule has 168 valence electrons. The molecular weight excluding hydrogens is 406 g/mol. The van der Waals surface area contributed by atoms with Gasteiger partial charge in [-0.15, -0.1) is 0 Å². The first-order chi connectivity index (χ1) is 14.1. The third-order valence-corrected chi connectivity index (χ3v) is 7.25. The molecule has 1 aliphatic heterocycles. The summed E-state index contributed by atoms with van der Waals surface area (Å²) in [7, 11) is 0.565. The van der Waals surface area contributed by atoms with Crippen LogP contribution in [-0.4, -0.2) is 76.9 Å². The zero-order chi connectivity index (χ0) is 22.5. The Bertz CT molecular complexity index is 863. The maximum atomic E-state index is 13.5. The number of nitrogens with zero attached hydrogens (tertiary/aromatic N) is 3. The lowest BCUT2D eigenvalue weighted by Gasteiger charge is -2.32. The van der Waals surface area contributed by atoms with Gasteiger partial charge in [-0.2, -0.15) is 0 Å². The number of amides is 1. The first kappa shape index (κ1) is 24.1. The highest BCUT2D eigenvalue weighted by atomic mass is 32.2. The van der Waals surface area contributed by atoms with Crippen molar-refractivity contribution in [1.82, 2.24) is 9.21 Å². The lowest BCUT2D eigenvalue weighted by Crippen LogP contribution is -2.39. The van der Waals surface area contributed by atoms with Crippen LogP contribution >= 0.6 is 0 Å². The molecule has 1 atom stereocenters. The van der Waals surface area contributed by atoms with Crippen molar-refractivity contribution in [3.8, 4) is 0 Å². The Morgan fingerprint density at radius 3 is 2.33 bits per heavy atom. The smallest absolute Gasteiger partial charge is 0.310 e. The van der Waals surface area contributed by atoms with Crippen LogP contribution in [0, 0.1) is 5.92 Å². The Labute approximate surface area is 179 Å². The number of rotatable bonds is 8. The number of piperidine rings is 1. The molecule has 30 heavy (non-hydrogen) atoms. The summed E-state index contributed by atoms with van der Waals surface area (Å²) in [5.41, 5.74) is 1.08. The Balaban J connectivity index is 2.49. The molecule has 1 amide bonds. The molecule has 1 saturated heterocycles. The van der Waals surface area contributed by atoms with Crippen molar-refractivity contribution in [2.75, 3.05) is 52.3 Å². The maximum absolute atomic E-state index is 13.5. The fourth-order valence-electron chi connectivity index (χ4n) is 3.60. The summed E-state index contributed by atoms with van der Waals surface area (Å²) in [4.78, 5) is 29.1. The van der Waals surface area contributed by atoms with Gasteiger partial charge in [-0.3, -0.25) is 9.59 Å². The van der Waals surface area contributed by atoms with Crippen molar-refractivity contribution in [2.24, 2.45) is 5.92 Å². The molecule has 1 heterocycles. The SMILES string of the molecule is CCN(CC(C)C(=O)OC)C(=O)c1cc(S(=O)(=O)N(C)C)ccc1N1CCCCC1. The number of esters is 1. The Kier molecular flexibility index (Phi) is 8.25. The van der Waals surface area contributed by atoms with E-state index in [0.717, 1.165) is 42.3 Å². The van der Waals surface area contributed by atoms with E-state index in [4.69, 9.17) is 4.74 Å². The van der Waals surface area contributed by atoms with Crippen molar-refractivity contribution in [3.05, 3.63) is 23.8 Å². The quantitative estimate of drug-likeness (QED) is 0.577. The van der Waals surface area contributed by atoms with Crippen LogP contribution in [0.25, 0.3) is 0 Å². The summed E-state index contributed by atoms with van der Waals surface area (Å²) in [5.74, 6) is -1.16. The van der Waals surface area contributed by atoms with Crippen molar-refractivity contribution in [2.45, 2.75) is 38.0 Å². The molecule has 0 bridgehead atoms. The number of hydrogen-bond acceptors (Lipinski definition) is 6. The highest BCUT2D eigenvalue weighted by Gasteiger charge is 2.28. The normalized spacial score (nSPS) is 15.7. The molecule has 8 nitrogen and oxygen atoms in total. The van der Waals surface area contributed by atoms with Crippen LogP contribution in [0.5, 0.6) is 0 Å². The van der Waals surface area contributed by atoms with E-state index in [-0.39, 0.29) is 23.3 Å². The number of sulfonamides is 1. The number of carbonyl (C=O) groups excluding carboxylic acids is 2. The summed E-state index contributed by atoms with van der Waals surface area (Å²) >= 11 is 0. The minimum absolute atomic E-state index is 0.0775. The van der Waals surface area contributed by atoms with E-state index in [1.165, 1.54) is 27.3 Å². The largest absolute Gasteiger partial charge is 0.469 e. The monoisotopic (exact) mass is 439 g/mol. The van der Waals surface area contributed by atoms with E-state index in [9.17, 15) is 18.0 Å². The summed E-state index contributed by atoms with van der Waals surface area (Å²) in [6.45, 7) is 5.79. The van der Waals surface area contributed by atoms with Gasteiger partial charge in [0.1, 0.15) is 0 Å². The van der Waals surface area contributed by atoms with Crippen LogP contribution < -0.4 is 4.90 Å². The summed E-state index contributed by atoms with van der Waals surface area (Å²) in [6.07, 6.45) is 3.20. The number of carbonyl (C=O) groups is 2. The van der Waals surface area contributed by atoms with Crippen molar-refractivity contribution >= 4 is 27.6 Å². The van der Waals surface area contributed by atoms with E-state index in [0.29, 0.717) is 12.1 Å². The first-order valence-corrected chi connectivity index (χ1v) is 11.8. The summed E-state index contributed by atoms with van der Waals surface area (Å²) in [6, 6.07) is 4.75. The molecular formula is C21H33N3O5S. The predicted octanol–water partition coefficient (Wildman–Crippen LogP) is 2.20. The van der Waals surface area contributed by atoms with Crippen LogP contribution in [-0.2, 0) is 19.6 Å². The Morgan fingerprint density at radius 2 is 1.80 bits per heavy atom. The zero-order valence-corrected chi connectivity index (χ0v) is 19.4. The van der Waals surface area contributed by atoms with Gasteiger partial charge in [0.25, 0.3) is 5.91 Å². The van der Waals surface area contributed by atoms with Gasteiger partial charge in [-0.05, 0) is 44.4 Å². The van der Waals surface area contributed by atoms with E-state index in [2.05, 4.69) is 4.90 Å². The van der Waals surface area contributed by atoms with Gasteiger partial charge in [0, 0.05) is 46.0 Å². The fourth-order valence-corrected chi connectivity index (χ4v) is 4.53. The minimum atomic E-state index is -3.68. The van der Waals surface area contributed by atoms with Gasteiger partial charge in [-0.25, -0.2) is 12.7 Å². The molecule has 2 rings (SSSR count). The maximum Gasteiger partial charge on any atom is 0.310 e. The number of hydrogen-bond donors (Lipinski definition) is 0. The molecule has 0 spiro atoms. The standard InChI is InChI=1S/C21H33N3O5S/c1-6-23(15-16(2)21(26)29-5)20(25)18-14-17(30(27,28)22(3)4)10-11-19(18)24-12-8-7-9-13-24/h10-11,14,16H,6-9,12-13,15H2,1-5H3. The zero-order valence-electron chi connectivity index (χ0n) is 18.6. The molecule has 0 N–H and O–H groups in total. The molecule has 0 aliphatic carbocycles. The average Bonchev–Trinajstić information content (AvgIpc) is 2.76. The van der Waals surface area contributed by atoms with Gasteiger partial charge in [0.05, 0.1) is 23.5 Å². The number of methoxy groups -OCH3 is 1. The van der Waals surface area contributed by atoms with E-state index < -0.39 is 15.9 Å². The van der Waals surface area contributed by atoms with Crippen molar-refractivity contribution in [1.29, 1.82) is 0 Å². The molecule has 9 heteroatoms. The second-order valence-electron chi connectivity index (χ2n) is 7.78. The molecule has 1 fully saturated rings. The van der Waals surface area contributed by atoms with Crippen LogP contribution in [0.1, 0.15) is 43.5 Å². The van der Waals surface area contributed by atoms with Crippen molar-refractivity contribution < 1.29 is 22.7 Å². The molecule has 1 unspecified atom stereocenters. The fraction of sp³-hybridized carbons (Fsp3) is 0.619. The third-order valence-electron chi connectivity index (χ3n) is 5.44. The number of benzene rings is 1. The van der Waals surface area contributed by atoms with Gasteiger partial charge in [-0.1, -0.05) is 6.92 Å². The molecule has 1 aliphatic rings. The second-order valence-corrected chi connectivity index (χ2v) is 9.93. The summed E-state index contributed by atoms with van der Waals surface area (Å²) < 4.78 is 31.2. The van der Waals surface area contributed by atoms with Crippen LogP contribution in [0.3, 0.4) is 0 Å². The lowest BCUT2D eigenvalue weighted by atomic mass is 10.1. The van der Waals surface area contributed by atoms with Gasteiger partial charge in [0.15, 0.2) is 0 Å². The highest BCUT2D eigenvalue weighted by molar-refractivity contribution is 7.89. The first-order valence-electron chi connectivity index (χ1n) is 10.3. The van der Waals surface area contributed by atoms with Crippen LogP contribution in [0.4, 0.5) is 5.69 Å². The average molecular weight is 440 g/mol. The molecule has 1 aromatic rings. The van der Waals surface area contributed by atoms with Crippen LogP contribution in [0.15, 0.2) is 23.1 Å². The topological polar surface area (TPSA) is 87.2 Å². The third kappa shape index (κ3) is 5.31. The highest BCUT2D eigenvalue weighted by Crippen LogP contribution is 2.29. The molecule has 0 saturated carbocycles. The van der Waals surface area contributed by atoms with Crippen LogP contribution in [0.2, 0.25) is 0 Å². The Morgan fingerprint density at radius 1 is 1.17 bits per heavy atom.